The van der Waals surface area contributed by atoms with Crippen LogP contribution in [0.2, 0.25) is 0 Å². The van der Waals surface area contributed by atoms with Crippen molar-refractivity contribution in [1.29, 1.82) is 0 Å². The fourth-order valence-corrected chi connectivity index (χ4v) is 1.61. The van der Waals surface area contributed by atoms with Crippen LogP contribution in [0.5, 0.6) is 0 Å². The molecule has 2 nitrogen and oxygen atoms in total. The lowest BCUT2D eigenvalue weighted by molar-refractivity contribution is -0.106. The van der Waals surface area contributed by atoms with Crippen LogP contribution in [0.15, 0.2) is 24.3 Å². The van der Waals surface area contributed by atoms with Gasteiger partial charge in [0, 0.05) is 19.8 Å². The van der Waals surface area contributed by atoms with E-state index < -0.39 is 0 Å². The number of hydrogen-bond donors (Lipinski definition) is 0. The number of ether oxygens (including phenoxy) is 2. The van der Waals surface area contributed by atoms with E-state index in [9.17, 15) is 0 Å². The summed E-state index contributed by atoms with van der Waals surface area (Å²) in [4.78, 5) is 0. The van der Waals surface area contributed by atoms with E-state index in [0.717, 1.165) is 18.4 Å². The molecule has 78 valence electrons. The molecule has 0 saturated heterocycles. The zero-order chi connectivity index (χ0) is 10.4. The van der Waals surface area contributed by atoms with Gasteiger partial charge in [0.05, 0.1) is 0 Å². The van der Waals surface area contributed by atoms with Gasteiger partial charge in [0.2, 0.25) is 0 Å². The van der Waals surface area contributed by atoms with Gasteiger partial charge >= 0.3 is 0 Å². The highest BCUT2D eigenvalue weighted by Gasteiger charge is 2.12. The molecule has 0 aliphatic rings. The van der Waals surface area contributed by atoms with Crippen molar-refractivity contribution in [3.8, 4) is 0 Å². The summed E-state index contributed by atoms with van der Waals surface area (Å²) in [6.45, 7) is 2.17. The van der Waals surface area contributed by atoms with Crippen molar-refractivity contribution < 1.29 is 9.47 Å². The smallest absolute Gasteiger partial charge is 0.183 e. The van der Waals surface area contributed by atoms with E-state index in [2.05, 4.69) is 25.1 Å². The van der Waals surface area contributed by atoms with Gasteiger partial charge in [-0.2, -0.15) is 0 Å². The summed E-state index contributed by atoms with van der Waals surface area (Å²) < 4.78 is 10.5. The Morgan fingerprint density at radius 1 is 1.14 bits per heavy atom. The van der Waals surface area contributed by atoms with Crippen LogP contribution in [-0.4, -0.2) is 14.2 Å². The maximum absolute atomic E-state index is 5.25. The molecular weight excluding hydrogens is 176 g/mol. The van der Waals surface area contributed by atoms with Gasteiger partial charge in [-0.05, 0) is 12.0 Å². The Morgan fingerprint density at radius 3 is 2.36 bits per heavy atom. The standard InChI is InChI=1S/C12H18O2/c1-4-7-10-8-5-6-9-11(10)12(13-2)14-3/h5-6,8-9,12H,4,7H2,1-3H3. The largest absolute Gasteiger partial charge is 0.352 e. The fraction of sp³-hybridized carbons (Fsp3) is 0.500. The predicted molar refractivity (Wildman–Crippen MR) is 57.2 cm³/mol. The van der Waals surface area contributed by atoms with Crippen LogP contribution in [0.4, 0.5) is 0 Å². The van der Waals surface area contributed by atoms with E-state index in [1.807, 2.05) is 6.07 Å². The average molecular weight is 194 g/mol. The van der Waals surface area contributed by atoms with Crippen molar-refractivity contribution in [2.75, 3.05) is 14.2 Å². The molecule has 0 aromatic heterocycles. The Balaban J connectivity index is 2.92. The Hall–Kier alpha value is -0.860. The van der Waals surface area contributed by atoms with E-state index >= 15 is 0 Å². The molecule has 1 rings (SSSR count). The number of methoxy groups -OCH3 is 2. The molecule has 0 atom stereocenters. The van der Waals surface area contributed by atoms with Crippen LogP contribution in [0.1, 0.15) is 30.8 Å². The Bertz CT molecular complexity index is 267. The van der Waals surface area contributed by atoms with Crippen LogP contribution < -0.4 is 0 Å². The monoisotopic (exact) mass is 194 g/mol. The Morgan fingerprint density at radius 2 is 1.79 bits per heavy atom. The highest BCUT2D eigenvalue weighted by Crippen LogP contribution is 2.22. The summed E-state index contributed by atoms with van der Waals surface area (Å²) in [5, 5.41) is 0. The van der Waals surface area contributed by atoms with Crippen molar-refractivity contribution in [1.82, 2.24) is 0 Å². The van der Waals surface area contributed by atoms with Gasteiger partial charge in [-0.25, -0.2) is 0 Å². The first kappa shape index (κ1) is 11.2. The molecule has 0 saturated carbocycles. The summed E-state index contributed by atoms with van der Waals surface area (Å²) in [6, 6.07) is 8.25. The maximum Gasteiger partial charge on any atom is 0.183 e. The van der Waals surface area contributed by atoms with Gasteiger partial charge in [-0.1, -0.05) is 37.6 Å². The number of aryl methyl sites for hydroxylation is 1. The van der Waals surface area contributed by atoms with Crippen LogP contribution >= 0.6 is 0 Å². The molecule has 0 spiro atoms. The van der Waals surface area contributed by atoms with E-state index in [0.29, 0.717) is 0 Å². The minimum atomic E-state index is -0.238. The van der Waals surface area contributed by atoms with Crippen molar-refractivity contribution >= 4 is 0 Å². The van der Waals surface area contributed by atoms with E-state index in [1.54, 1.807) is 14.2 Å². The lowest BCUT2D eigenvalue weighted by Gasteiger charge is -2.17. The highest BCUT2D eigenvalue weighted by molar-refractivity contribution is 5.28. The molecule has 0 unspecified atom stereocenters. The highest BCUT2D eigenvalue weighted by atomic mass is 16.7. The molecule has 0 N–H and O–H groups in total. The zero-order valence-corrected chi connectivity index (χ0v) is 9.12. The van der Waals surface area contributed by atoms with Crippen molar-refractivity contribution in [2.24, 2.45) is 0 Å². The molecular formula is C12H18O2. The van der Waals surface area contributed by atoms with Crippen molar-refractivity contribution in [2.45, 2.75) is 26.1 Å². The zero-order valence-electron chi connectivity index (χ0n) is 9.12. The minimum Gasteiger partial charge on any atom is -0.352 e. The molecule has 0 aliphatic heterocycles. The lowest BCUT2D eigenvalue weighted by Crippen LogP contribution is -2.06. The average Bonchev–Trinajstić information content (AvgIpc) is 2.23. The number of rotatable bonds is 5. The molecule has 2 heteroatoms. The Labute approximate surface area is 85.8 Å². The summed E-state index contributed by atoms with van der Waals surface area (Å²) in [7, 11) is 3.33. The van der Waals surface area contributed by atoms with Crippen LogP contribution in [-0.2, 0) is 15.9 Å². The van der Waals surface area contributed by atoms with E-state index in [4.69, 9.17) is 9.47 Å². The molecule has 0 heterocycles. The quantitative estimate of drug-likeness (QED) is 0.671. The normalized spacial score (nSPS) is 10.9. The topological polar surface area (TPSA) is 18.5 Å². The van der Waals surface area contributed by atoms with Crippen LogP contribution in [0.25, 0.3) is 0 Å². The first-order valence-corrected chi connectivity index (χ1v) is 4.96. The van der Waals surface area contributed by atoms with Gasteiger partial charge < -0.3 is 9.47 Å². The molecule has 1 aromatic carbocycles. The Kier molecular flexibility index (Phi) is 4.63. The van der Waals surface area contributed by atoms with Crippen LogP contribution in [0.3, 0.4) is 0 Å². The molecule has 0 radical (unpaired) electrons. The molecule has 1 aromatic rings. The summed E-state index contributed by atoms with van der Waals surface area (Å²) >= 11 is 0. The second kappa shape index (κ2) is 5.78. The van der Waals surface area contributed by atoms with Gasteiger partial charge in [0.15, 0.2) is 6.29 Å². The first-order valence-electron chi connectivity index (χ1n) is 4.96. The third-order valence-corrected chi connectivity index (χ3v) is 2.26. The van der Waals surface area contributed by atoms with Gasteiger partial charge in [0.1, 0.15) is 0 Å². The molecule has 0 aliphatic carbocycles. The summed E-state index contributed by atoms with van der Waals surface area (Å²) in [5.74, 6) is 0. The summed E-state index contributed by atoms with van der Waals surface area (Å²) in [5.41, 5.74) is 2.45. The van der Waals surface area contributed by atoms with Gasteiger partial charge in [-0.3, -0.25) is 0 Å². The van der Waals surface area contributed by atoms with Crippen molar-refractivity contribution in [3.63, 3.8) is 0 Å². The molecule has 0 fully saturated rings. The van der Waals surface area contributed by atoms with E-state index in [-0.39, 0.29) is 6.29 Å². The maximum atomic E-state index is 5.25. The molecule has 0 amide bonds. The minimum absolute atomic E-state index is 0.238. The third-order valence-electron chi connectivity index (χ3n) is 2.26. The first-order chi connectivity index (χ1) is 6.83. The van der Waals surface area contributed by atoms with Crippen LogP contribution in [0, 0.1) is 0 Å². The second-order valence-corrected chi connectivity index (χ2v) is 3.25. The van der Waals surface area contributed by atoms with Gasteiger partial charge in [-0.15, -0.1) is 0 Å². The van der Waals surface area contributed by atoms with Crippen molar-refractivity contribution in [3.05, 3.63) is 35.4 Å². The third kappa shape index (κ3) is 2.56. The SMILES string of the molecule is CCCc1ccccc1C(OC)OC. The molecule has 14 heavy (non-hydrogen) atoms. The molecule has 0 bridgehead atoms. The van der Waals surface area contributed by atoms with Gasteiger partial charge in [0.25, 0.3) is 0 Å². The predicted octanol–water partition coefficient (Wildman–Crippen LogP) is 2.93. The fourth-order valence-electron chi connectivity index (χ4n) is 1.61. The number of benzene rings is 1. The summed E-state index contributed by atoms with van der Waals surface area (Å²) in [6.07, 6.45) is 1.97. The number of hydrogen-bond acceptors (Lipinski definition) is 2. The lowest BCUT2D eigenvalue weighted by atomic mass is 10.0. The van der Waals surface area contributed by atoms with E-state index in [1.165, 1.54) is 5.56 Å². The second-order valence-electron chi connectivity index (χ2n) is 3.25.